The lowest BCUT2D eigenvalue weighted by atomic mass is 9.98. The van der Waals surface area contributed by atoms with Gasteiger partial charge in [0.25, 0.3) is 0 Å². The van der Waals surface area contributed by atoms with Crippen LogP contribution in [0.25, 0.3) is 0 Å². The molecule has 1 rings (SSSR count). The van der Waals surface area contributed by atoms with Gasteiger partial charge in [-0.05, 0) is 43.5 Å². The molecule has 0 aliphatic carbocycles. The molecule has 0 fully saturated rings. The fraction of sp³-hybridized carbons (Fsp3) is 0.538. The normalized spacial score (nSPS) is 13.1. The highest BCUT2D eigenvalue weighted by Gasteiger charge is 2.13. The minimum atomic E-state index is 0.350. The predicted molar refractivity (Wildman–Crippen MR) is 75.0 cm³/mol. The fourth-order valence-corrected chi connectivity index (χ4v) is 2.54. The molecule has 0 heterocycles. The Morgan fingerprint density at radius 1 is 1.31 bits per heavy atom. The van der Waals surface area contributed by atoms with Gasteiger partial charge in [-0.1, -0.05) is 47.4 Å². The average molecular weight is 305 g/mol. The van der Waals surface area contributed by atoms with Gasteiger partial charge in [0.05, 0.1) is 0 Å². The van der Waals surface area contributed by atoms with Crippen LogP contribution in [0.1, 0.15) is 38.3 Å². The van der Waals surface area contributed by atoms with E-state index < -0.39 is 0 Å². The van der Waals surface area contributed by atoms with Gasteiger partial charge in [0.2, 0.25) is 0 Å². The monoisotopic (exact) mass is 303 g/mol. The molecule has 0 aromatic heterocycles. The van der Waals surface area contributed by atoms with Crippen molar-refractivity contribution in [1.82, 2.24) is 5.32 Å². The van der Waals surface area contributed by atoms with E-state index in [0.717, 1.165) is 21.8 Å². The van der Waals surface area contributed by atoms with Crippen molar-refractivity contribution in [3.8, 4) is 0 Å². The lowest BCUT2D eigenvalue weighted by Gasteiger charge is -2.19. The van der Waals surface area contributed by atoms with Crippen molar-refractivity contribution >= 4 is 27.5 Å². The summed E-state index contributed by atoms with van der Waals surface area (Å²) in [5, 5.41) is 4.17. The molecule has 0 spiro atoms. The van der Waals surface area contributed by atoms with Crippen LogP contribution in [0.5, 0.6) is 0 Å². The topological polar surface area (TPSA) is 12.0 Å². The van der Waals surface area contributed by atoms with Crippen LogP contribution in [0.2, 0.25) is 5.02 Å². The van der Waals surface area contributed by atoms with E-state index in [9.17, 15) is 0 Å². The predicted octanol–water partition coefficient (Wildman–Crippen LogP) is 4.80. The fourth-order valence-electron chi connectivity index (χ4n) is 1.74. The molecule has 0 radical (unpaired) electrons. The molecule has 1 unspecified atom stereocenters. The third-order valence-electron chi connectivity index (χ3n) is 2.72. The Morgan fingerprint density at radius 3 is 2.50 bits per heavy atom. The Bertz CT molecular complexity index is 339. The molecule has 0 amide bonds. The molecule has 1 aromatic carbocycles. The van der Waals surface area contributed by atoms with E-state index in [1.807, 2.05) is 19.2 Å². The molecule has 0 aliphatic heterocycles. The lowest BCUT2D eigenvalue weighted by molar-refractivity contribution is 0.465. The standard InChI is InChI=1S/C13H19BrClN/c1-9(2)4-7-13(16-3)11-6-5-10(14)8-12(11)15/h5-6,8-9,13,16H,4,7H2,1-3H3. The third-order valence-corrected chi connectivity index (χ3v) is 3.54. The number of benzene rings is 1. The van der Waals surface area contributed by atoms with Crippen LogP contribution in [-0.4, -0.2) is 7.05 Å². The molecule has 90 valence electrons. The van der Waals surface area contributed by atoms with Gasteiger partial charge in [-0.3, -0.25) is 0 Å². The molecule has 0 saturated heterocycles. The van der Waals surface area contributed by atoms with Gasteiger partial charge in [0.15, 0.2) is 0 Å². The molecule has 16 heavy (non-hydrogen) atoms. The van der Waals surface area contributed by atoms with E-state index in [-0.39, 0.29) is 0 Å². The number of halogens is 2. The first-order valence-corrected chi connectivity index (χ1v) is 6.84. The van der Waals surface area contributed by atoms with Gasteiger partial charge in [-0.25, -0.2) is 0 Å². The maximum atomic E-state index is 6.25. The minimum Gasteiger partial charge on any atom is -0.313 e. The molecule has 0 aliphatic rings. The number of hydrogen-bond acceptors (Lipinski definition) is 1. The van der Waals surface area contributed by atoms with Crippen LogP contribution < -0.4 is 5.32 Å². The van der Waals surface area contributed by atoms with Crippen LogP contribution in [0.3, 0.4) is 0 Å². The van der Waals surface area contributed by atoms with Gasteiger partial charge < -0.3 is 5.32 Å². The summed E-state index contributed by atoms with van der Waals surface area (Å²) < 4.78 is 1.03. The van der Waals surface area contributed by atoms with Crippen LogP contribution in [0.15, 0.2) is 22.7 Å². The van der Waals surface area contributed by atoms with Crippen molar-refractivity contribution in [3.63, 3.8) is 0 Å². The first-order valence-electron chi connectivity index (χ1n) is 5.66. The van der Waals surface area contributed by atoms with E-state index in [4.69, 9.17) is 11.6 Å². The smallest absolute Gasteiger partial charge is 0.0465 e. The maximum absolute atomic E-state index is 6.25. The van der Waals surface area contributed by atoms with Gasteiger partial charge in [0, 0.05) is 15.5 Å². The van der Waals surface area contributed by atoms with Crippen molar-refractivity contribution in [3.05, 3.63) is 33.3 Å². The van der Waals surface area contributed by atoms with Gasteiger partial charge >= 0.3 is 0 Å². The molecule has 0 bridgehead atoms. The summed E-state index contributed by atoms with van der Waals surface area (Å²) in [7, 11) is 1.99. The van der Waals surface area contributed by atoms with Crippen LogP contribution in [0, 0.1) is 5.92 Å². The van der Waals surface area contributed by atoms with Crippen molar-refractivity contribution in [1.29, 1.82) is 0 Å². The zero-order valence-corrected chi connectivity index (χ0v) is 12.4. The first-order chi connectivity index (χ1) is 7.54. The summed E-state index contributed by atoms with van der Waals surface area (Å²) in [4.78, 5) is 0. The van der Waals surface area contributed by atoms with Gasteiger partial charge in [0.1, 0.15) is 0 Å². The second-order valence-electron chi connectivity index (χ2n) is 4.48. The summed E-state index contributed by atoms with van der Waals surface area (Å²) >= 11 is 9.67. The average Bonchev–Trinajstić information content (AvgIpc) is 2.21. The highest BCUT2D eigenvalue weighted by atomic mass is 79.9. The van der Waals surface area contributed by atoms with E-state index in [0.29, 0.717) is 6.04 Å². The number of nitrogens with one attached hydrogen (secondary N) is 1. The second kappa shape index (κ2) is 6.63. The number of rotatable bonds is 5. The Kier molecular flexibility index (Phi) is 5.81. The van der Waals surface area contributed by atoms with Crippen molar-refractivity contribution < 1.29 is 0 Å². The van der Waals surface area contributed by atoms with Crippen LogP contribution in [-0.2, 0) is 0 Å². The summed E-state index contributed by atoms with van der Waals surface area (Å²) in [6, 6.07) is 6.44. The molecule has 1 atom stereocenters. The summed E-state index contributed by atoms with van der Waals surface area (Å²) in [6.07, 6.45) is 2.33. The molecule has 1 aromatic rings. The van der Waals surface area contributed by atoms with Crippen molar-refractivity contribution in [2.24, 2.45) is 5.92 Å². The summed E-state index contributed by atoms with van der Waals surface area (Å²) in [5.74, 6) is 0.727. The Hall–Kier alpha value is -0.0500. The molecular formula is C13H19BrClN. The van der Waals surface area contributed by atoms with Crippen LogP contribution >= 0.6 is 27.5 Å². The van der Waals surface area contributed by atoms with E-state index in [2.05, 4.69) is 41.2 Å². The molecular weight excluding hydrogens is 286 g/mol. The maximum Gasteiger partial charge on any atom is 0.0465 e. The van der Waals surface area contributed by atoms with Gasteiger partial charge in [-0.2, -0.15) is 0 Å². The molecule has 3 heteroatoms. The van der Waals surface area contributed by atoms with Crippen molar-refractivity contribution in [2.75, 3.05) is 7.05 Å². The lowest BCUT2D eigenvalue weighted by Crippen LogP contribution is -2.17. The van der Waals surface area contributed by atoms with E-state index in [1.165, 1.54) is 12.0 Å². The van der Waals surface area contributed by atoms with Crippen molar-refractivity contribution in [2.45, 2.75) is 32.7 Å². The third kappa shape index (κ3) is 4.08. The molecule has 1 nitrogen and oxygen atoms in total. The van der Waals surface area contributed by atoms with Crippen LogP contribution in [0.4, 0.5) is 0 Å². The quantitative estimate of drug-likeness (QED) is 0.824. The van der Waals surface area contributed by atoms with E-state index in [1.54, 1.807) is 0 Å². The minimum absolute atomic E-state index is 0.350. The summed E-state index contributed by atoms with van der Waals surface area (Å²) in [6.45, 7) is 4.49. The second-order valence-corrected chi connectivity index (χ2v) is 5.80. The van der Waals surface area contributed by atoms with Gasteiger partial charge in [-0.15, -0.1) is 0 Å². The highest BCUT2D eigenvalue weighted by Crippen LogP contribution is 2.29. The first kappa shape index (κ1) is 14.0. The Morgan fingerprint density at radius 2 is 2.00 bits per heavy atom. The van der Waals surface area contributed by atoms with E-state index >= 15 is 0 Å². The largest absolute Gasteiger partial charge is 0.313 e. The number of hydrogen-bond donors (Lipinski definition) is 1. The SMILES string of the molecule is CNC(CCC(C)C)c1ccc(Br)cc1Cl. The molecule has 1 N–H and O–H groups in total. The Labute approximate surface area is 112 Å². The highest BCUT2D eigenvalue weighted by molar-refractivity contribution is 9.10. The zero-order valence-electron chi connectivity index (χ0n) is 10.1. The zero-order chi connectivity index (χ0) is 12.1. The molecule has 0 saturated carbocycles. The Balaban J connectivity index is 2.78. The summed E-state index contributed by atoms with van der Waals surface area (Å²) in [5.41, 5.74) is 1.19.